The highest BCUT2D eigenvalue weighted by molar-refractivity contribution is 5.80. The summed E-state index contributed by atoms with van der Waals surface area (Å²) in [6.45, 7) is 6.77. The monoisotopic (exact) mass is 323 g/mol. The molecule has 0 saturated heterocycles. The highest BCUT2D eigenvalue weighted by Gasteiger charge is 2.17. The Morgan fingerprint density at radius 1 is 0.917 bits per heavy atom. The molecule has 2 rings (SSSR count). The van der Waals surface area contributed by atoms with Gasteiger partial charge in [-0.15, -0.1) is 0 Å². The third-order valence-corrected chi connectivity index (χ3v) is 4.36. The molecule has 0 N–H and O–H groups in total. The number of carbonyl (C=O) groups excluding carboxylic acids is 1. The van der Waals surface area contributed by atoms with Crippen molar-refractivity contribution in [3.8, 4) is 0 Å². The number of carbonyl (C=O) groups is 1. The van der Waals surface area contributed by atoms with Crippen LogP contribution in [0.25, 0.3) is 0 Å². The number of nitrogens with zero attached hydrogens (tertiary/aromatic N) is 1. The van der Waals surface area contributed by atoms with E-state index in [0.29, 0.717) is 12.2 Å². The zero-order valence-corrected chi connectivity index (χ0v) is 14.9. The Bertz CT molecular complexity index is 552. The van der Waals surface area contributed by atoms with Crippen molar-refractivity contribution >= 4 is 5.78 Å². The van der Waals surface area contributed by atoms with Crippen molar-refractivity contribution in [2.75, 3.05) is 6.54 Å². The molecule has 0 aliphatic carbocycles. The number of hydrogen-bond donors (Lipinski definition) is 0. The summed E-state index contributed by atoms with van der Waals surface area (Å²) in [6, 6.07) is 21.0. The molecule has 0 radical (unpaired) electrons. The lowest BCUT2D eigenvalue weighted by Crippen LogP contribution is -2.31. The molecule has 0 bridgehead atoms. The lowest BCUT2D eigenvalue weighted by molar-refractivity contribution is -0.123. The van der Waals surface area contributed by atoms with Gasteiger partial charge in [0.25, 0.3) is 0 Å². The largest absolute Gasteiger partial charge is 0.299 e. The van der Waals surface area contributed by atoms with Crippen LogP contribution in [0.3, 0.4) is 0 Å². The van der Waals surface area contributed by atoms with E-state index in [1.165, 1.54) is 11.1 Å². The fraction of sp³-hybridized carbons (Fsp3) is 0.409. The molecule has 24 heavy (non-hydrogen) atoms. The molecule has 2 heteroatoms. The van der Waals surface area contributed by atoms with Gasteiger partial charge in [-0.1, -0.05) is 80.9 Å². The van der Waals surface area contributed by atoms with Crippen molar-refractivity contribution in [1.29, 1.82) is 0 Å². The molecule has 0 spiro atoms. The minimum atomic E-state index is 0.0870. The summed E-state index contributed by atoms with van der Waals surface area (Å²) < 4.78 is 0. The molecule has 2 aromatic carbocycles. The fourth-order valence-corrected chi connectivity index (χ4v) is 2.95. The van der Waals surface area contributed by atoms with E-state index in [1.54, 1.807) is 0 Å². The van der Waals surface area contributed by atoms with Crippen LogP contribution in [0.5, 0.6) is 0 Å². The van der Waals surface area contributed by atoms with E-state index in [0.717, 1.165) is 32.5 Å². The van der Waals surface area contributed by atoms with Gasteiger partial charge >= 0.3 is 0 Å². The van der Waals surface area contributed by atoms with E-state index in [2.05, 4.69) is 67.3 Å². The van der Waals surface area contributed by atoms with Crippen LogP contribution < -0.4 is 0 Å². The molecule has 0 aromatic heterocycles. The van der Waals surface area contributed by atoms with Crippen LogP contribution in [0.2, 0.25) is 0 Å². The van der Waals surface area contributed by atoms with Crippen LogP contribution in [0.1, 0.15) is 44.2 Å². The first kappa shape index (κ1) is 18.4. The molecule has 128 valence electrons. The number of benzene rings is 2. The lowest BCUT2D eigenvalue weighted by atomic mass is 10.0. The fourth-order valence-electron chi connectivity index (χ4n) is 2.95. The maximum absolute atomic E-state index is 12.3. The summed E-state index contributed by atoms with van der Waals surface area (Å²) in [6.07, 6.45) is 2.79. The van der Waals surface area contributed by atoms with Gasteiger partial charge in [-0.2, -0.15) is 0 Å². The Balaban J connectivity index is 2.03. The Morgan fingerprint density at radius 2 is 1.42 bits per heavy atom. The molecule has 0 aliphatic rings. The van der Waals surface area contributed by atoms with Gasteiger partial charge in [0.15, 0.2) is 0 Å². The molecule has 0 heterocycles. The molecule has 0 amide bonds. The minimum absolute atomic E-state index is 0.0870. The third kappa shape index (κ3) is 6.29. The molecular formula is C22H29NO. The predicted molar refractivity (Wildman–Crippen MR) is 101 cm³/mol. The zero-order valence-electron chi connectivity index (χ0n) is 14.9. The average molecular weight is 323 g/mol. The van der Waals surface area contributed by atoms with E-state index in [4.69, 9.17) is 0 Å². The normalized spacial score (nSPS) is 12.3. The van der Waals surface area contributed by atoms with E-state index < -0.39 is 0 Å². The van der Waals surface area contributed by atoms with Gasteiger partial charge in [0, 0.05) is 32.0 Å². The van der Waals surface area contributed by atoms with Crippen LogP contribution in [0, 0.1) is 5.92 Å². The standard InChI is InChI=1S/C22H29NO/c1-3-4-15-22(24)19(2)16-23(17-20-11-7-5-8-12-20)18-21-13-9-6-10-14-21/h5-14,19H,3-4,15-18H2,1-2H3/t19-/m1/s1. The molecule has 0 saturated carbocycles. The van der Waals surface area contributed by atoms with E-state index in [9.17, 15) is 4.79 Å². The lowest BCUT2D eigenvalue weighted by Gasteiger charge is -2.25. The van der Waals surface area contributed by atoms with E-state index in [1.807, 2.05) is 12.1 Å². The third-order valence-electron chi connectivity index (χ3n) is 4.36. The Labute approximate surface area is 146 Å². The first-order valence-electron chi connectivity index (χ1n) is 9.02. The highest BCUT2D eigenvalue weighted by atomic mass is 16.1. The summed E-state index contributed by atoms with van der Waals surface area (Å²) in [5.41, 5.74) is 2.59. The van der Waals surface area contributed by atoms with Crippen molar-refractivity contribution < 1.29 is 4.79 Å². The maximum Gasteiger partial charge on any atom is 0.136 e. The smallest absolute Gasteiger partial charge is 0.136 e. The number of unbranched alkanes of at least 4 members (excludes halogenated alkanes) is 1. The van der Waals surface area contributed by atoms with Gasteiger partial charge in [0.05, 0.1) is 0 Å². The number of ketones is 1. The first-order valence-corrected chi connectivity index (χ1v) is 9.02. The molecule has 2 aromatic rings. The summed E-state index contributed by atoms with van der Waals surface area (Å²) in [5.74, 6) is 0.479. The van der Waals surface area contributed by atoms with Crippen LogP contribution in [-0.4, -0.2) is 17.2 Å². The van der Waals surface area contributed by atoms with E-state index in [-0.39, 0.29) is 5.92 Å². The second-order valence-electron chi connectivity index (χ2n) is 6.61. The molecule has 0 unspecified atom stereocenters. The van der Waals surface area contributed by atoms with Crippen LogP contribution in [0.4, 0.5) is 0 Å². The van der Waals surface area contributed by atoms with Crippen molar-refractivity contribution in [2.45, 2.75) is 46.2 Å². The van der Waals surface area contributed by atoms with Gasteiger partial charge in [0.1, 0.15) is 5.78 Å². The number of rotatable bonds is 10. The molecule has 2 nitrogen and oxygen atoms in total. The van der Waals surface area contributed by atoms with Crippen molar-refractivity contribution in [1.82, 2.24) is 4.90 Å². The van der Waals surface area contributed by atoms with Gasteiger partial charge in [-0.25, -0.2) is 0 Å². The van der Waals surface area contributed by atoms with Crippen LogP contribution in [0.15, 0.2) is 60.7 Å². The summed E-state index contributed by atoms with van der Waals surface area (Å²) in [4.78, 5) is 14.7. The van der Waals surface area contributed by atoms with Crippen molar-refractivity contribution in [2.24, 2.45) is 5.92 Å². The zero-order chi connectivity index (χ0) is 17.2. The van der Waals surface area contributed by atoms with Gasteiger partial charge < -0.3 is 0 Å². The van der Waals surface area contributed by atoms with Crippen molar-refractivity contribution in [3.05, 3.63) is 71.8 Å². The van der Waals surface area contributed by atoms with E-state index >= 15 is 0 Å². The molecule has 1 atom stereocenters. The molecule has 0 aliphatic heterocycles. The summed E-state index contributed by atoms with van der Waals surface area (Å²) >= 11 is 0. The Kier molecular flexibility index (Phi) is 7.70. The Hall–Kier alpha value is -1.93. The second-order valence-corrected chi connectivity index (χ2v) is 6.61. The molecule has 0 fully saturated rings. The quantitative estimate of drug-likeness (QED) is 0.607. The Morgan fingerprint density at radius 3 is 1.88 bits per heavy atom. The van der Waals surface area contributed by atoms with Gasteiger partial charge in [0.2, 0.25) is 0 Å². The topological polar surface area (TPSA) is 20.3 Å². The SMILES string of the molecule is CCCCC(=O)[C@H](C)CN(Cc1ccccc1)Cc1ccccc1. The first-order chi connectivity index (χ1) is 11.7. The van der Waals surface area contributed by atoms with Crippen LogP contribution in [-0.2, 0) is 17.9 Å². The van der Waals surface area contributed by atoms with Crippen LogP contribution >= 0.6 is 0 Å². The second kappa shape index (κ2) is 10.0. The summed E-state index contributed by atoms with van der Waals surface area (Å²) in [7, 11) is 0. The molecular weight excluding hydrogens is 294 g/mol. The minimum Gasteiger partial charge on any atom is -0.299 e. The van der Waals surface area contributed by atoms with Crippen molar-refractivity contribution in [3.63, 3.8) is 0 Å². The maximum atomic E-state index is 12.3. The highest BCUT2D eigenvalue weighted by Crippen LogP contribution is 2.14. The van der Waals surface area contributed by atoms with Gasteiger partial charge in [-0.05, 0) is 17.5 Å². The summed E-state index contributed by atoms with van der Waals surface area (Å²) in [5, 5.41) is 0. The average Bonchev–Trinajstić information content (AvgIpc) is 2.61. The number of hydrogen-bond acceptors (Lipinski definition) is 2. The predicted octanol–water partition coefficient (Wildman–Crippen LogP) is 5.08. The van der Waals surface area contributed by atoms with Gasteiger partial charge in [-0.3, -0.25) is 9.69 Å². The number of Topliss-reactive ketones (excluding diaryl/α,β-unsaturated/α-hetero) is 1.